The lowest BCUT2D eigenvalue weighted by molar-refractivity contribution is -0.231. The van der Waals surface area contributed by atoms with Gasteiger partial charge in [0.25, 0.3) is 0 Å². The van der Waals surface area contributed by atoms with Gasteiger partial charge in [-0.05, 0) is 158 Å². The van der Waals surface area contributed by atoms with Gasteiger partial charge in [-0.2, -0.15) is 0 Å². The molecule has 2 bridgehead atoms. The van der Waals surface area contributed by atoms with Gasteiger partial charge in [-0.1, -0.05) is 158 Å². The van der Waals surface area contributed by atoms with Gasteiger partial charge in [0, 0.05) is 33.1 Å². The summed E-state index contributed by atoms with van der Waals surface area (Å²) < 4.78 is 6.35. The molecule has 15 rings (SSSR count). The Labute approximate surface area is 373 Å². The van der Waals surface area contributed by atoms with Crippen LogP contribution in [0, 0.1) is 29.1 Å². The van der Waals surface area contributed by atoms with Crippen molar-refractivity contribution in [1.82, 2.24) is 0 Å². The molecular weight excluding hydrogens is 775 g/mol. The zero-order chi connectivity index (χ0) is 41.7. The van der Waals surface area contributed by atoms with Gasteiger partial charge >= 0.3 is 0 Å². The van der Waals surface area contributed by atoms with E-state index in [1.807, 2.05) is 0 Å². The van der Waals surface area contributed by atoms with Crippen LogP contribution in [0.1, 0.15) is 36.8 Å². The van der Waals surface area contributed by atoms with Crippen molar-refractivity contribution in [2.75, 3.05) is 4.90 Å². The average Bonchev–Trinajstić information content (AvgIpc) is 4.09. The fourth-order valence-electron chi connectivity index (χ4n) is 15.0. The van der Waals surface area contributed by atoms with Gasteiger partial charge in [0.1, 0.15) is 11.2 Å². The Bertz CT molecular complexity index is 3560. The summed E-state index contributed by atoms with van der Waals surface area (Å²) in [5, 5.41) is 4.83. The van der Waals surface area contributed by atoms with Crippen molar-refractivity contribution in [3.63, 3.8) is 0 Å². The summed E-state index contributed by atoms with van der Waals surface area (Å²) >= 11 is 0. The zero-order valence-electron chi connectivity index (χ0n) is 35.5. The second-order valence-corrected chi connectivity index (χ2v) is 19.6. The Morgan fingerprint density at radius 2 is 1.08 bits per heavy atom. The van der Waals surface area contributed by atoms with Crippen LogP contribution in [-0.2, 0) is 5.41 Å². The van der Waals surface area contributed by atoms with E-state index in [4.69, 9.17) is 4.42 Å². The van der Waals surface area contributed by atoms with Crippen molar-refractivity contribution in [1.29, 1.82) is 0 Å². The first-order valence-electron chi connectivity index (χ1n) is 23.4. The molecule has 9 aromatic carbocycles. The summed E-state index contributed by atoms with van der Waals surface area (Å²) in [4.78, 5) is 2.56. The maximum atomic E-state index is 6.35. The van der Waals surface area contributed by atoms with E-state index < -0.39 is 0 Å². The number of benzene rings is 9. The molecule has 6 atom stereocenters. The topological polar surface area (TPSA) is 16.4 Å². The Morgan fingerprint density at radius 1 is 0.438 bits per heavy atom. The van der Waals surface area contributed by atoms with Gasteiger partial charge in [0.15, 0.2) is 0 Å². The summed E-state index contributed by atoms with van der Waals surface area (Å²) in [6, 6.07) is 74.7. The largest absolute Gasteiger partial charge is 0.456 e. The van der Waals surface area contributed by atoms with Gasteiger partial charge in [-0.15, -0.1) is 0 Å². The molecule has 1 aromatic heterocycles. The number of para-hydroxylation sites is 2. The molecule has 6 unspecified atom stereocenters. The maximum absolute atomic E-state index is 6.35. The lowest BCUT2D eigenvalue weighted by atomic mass is 9.27. The van der Waals surface area contributed by atoms with E-state index in [1.54, 1.807) is 11.1 Å². The van der Waals surface area contributed by atoms with Crippen LogP contribution in [0.2, 0.25) is 0 Å². The summed E-state index contributed by atoms with van der Waals surface area (Å²) in [6.45, 7) is 0. The van der Waals surface area contributed by atoms with E-state index >= 15 is 0 Å². The molecule has 0 amide bonds. The van der Waals surface area contributed by atoms with Gasteiger partial charge in [0.2, 0.25) is 0 Å². The SMILES string of the molecule is c1ccc(-c2cccc3cccc(-c4ccccc4N(c4ccc(-c5cccc6oc7ccccc7c56)cc4)c4ccc5c(c4)C4(c6ccccc6-5)C5CC6CC7CC4C75C6)c23)cc1. The van der Waals surface area contributed by atoms with E-state index in [9.17, 15) is 0 Å². The molecule has 2 nitrogen and oxygen atoms in total. The van der Waals surface area contributed by atoms with Gasteiger partial charge < -0.3 is 9.32 Å². The van der Waals surface area contributed by atoms with Crippen molar-refractivity contribution in [3.05, 3.63) is 211 Å². The highest BCUT2D eigenvalue weighted by Crippen LogP contribution is 2.89. The Morgan fingerprint density at radius 3 is 1.94 bits per heavy atom. The van der Waals surface area contributed by atoms with Crippen molar-refractivity contribution in [3.8, 4) is 44.5 Å². The fraction of sp³-hybridized carbons (Fsp3) is 0.161. The molecule has 2 heteroatoms. The van der Waals surface area contributed by atoms with Gasteiger partial charge in [0.05, 0.1) is 5.69 Å². The normalized spacial score (nSPS) is 24.1. The lowest BCUT2D eigenvalue weighted by Crippen LogP contribution is -2.73. The number of furan rings is 1. The molecule has 0 radical (unpaired) electrons. The summed E-state index contributed by atoms with van der Waals surface area (Å²) in [7, 11) is 0. The molecule has 0 aliphatic heterocycles. The van der Waals surface area contributed by atoms with Crippen molar-refractivity contribution < 1.29 is 4.42 Å². The van der Waals surface area contributed by atoms with Crippen LogP contribution >= 0.6 is 0 Å². The van der Waals surface area contributed by atoms with Crippen molar-refractivity contribution in [2.45, 2.75) is 31.1 Å². The first kappa shape index (κ1) is 35.3. The molecule has 2 spiro atoms. The van der Waals surface area contributed by atoms with Gasteiger partial charge in [-0.3, -0.25) is 0 Å². The van der Waals surface area contributed by atoms with Crippen LogP contribution in [0.25, 0.3) is 77.2 Å². The third-order valence-electron chi connectivity index (χ3n) is 17.1. The van der Waals surface area contributed by atoms with Gasteiger partial charge in [-0.25, -0.2) is 0 Å². The van der Waals surface area contributed by atoms with Crippen molar-refractivity contribution >= 4 is 49.8 Å². The number of anilines is 3. The standard InChI is InChI=1S/C62H45NO/c1-2-13-39(14-3-1)45-20-10-15-41-16-11-22-50(59(41)45)49-18-5-8-24-54(49)63(43-29-27-40(28-30-43)46-21-12-26-56-60(46)51-19-6-9-25-55(51)64-56)44-31-32-48-47-17-4-7-23-52(47)62(53(48)36-44)57-34-38-33-42-35-58(62)61(42,57)37-38/h1-32,36,38,42,57-58H,33-35,37H2. The molecular formula is C62H45NO. The molecule has 4 fully saturated rings. The first-order chi connectivity index (χ1) is 31.7. The first-order valence-corrected chi connectivity index (χ1v) is 23.4. The molecule has 10 aromatic rings. The fourth-order valence-corrected chi connectivity index (χ4v) is 15.0. The number of hydrogen-bond acceptors (Lipinski definition) is 2. The molecule has 4 saturated carbocycles. The van der Waals surface area contributed by atoms with Crippen LogP contribution in [-0.4, -0.2) is 0 Å². The molecule has 5 aliphatic rings. The zero-order valence-corrected chi connectivity index (χ0v) is 35.5. The Kier molecular flexibility index (Phi) is 7.03. The Balaban J connectivity index is 0.947. The third-order valence-corrected chi connectivity index (χ3v) is 17.1. The van der Waals surface area contributed by atoms with Crippen LogP contribution in [0.5, 0.6) is 0 Å². The Hall–Kier alpha value is -7.16. The average molecular weight is 820 g/mol. The quantitative estimate of drug-likeness (QED) is 0.166. The van der Waals surface area contributed by atoms with E-state index in [0.29, 0.717) is 5.41 Å². The number of nitrogens with zero attached hydrogens (tertiary/aromatic N) is 1. The smallest absolute Gasteiger partial charge is 0.136 e. The van der Waals surface area contributed by atoms with Crippen LogP contribution in [0.15, 0.2) is 205 Å². The second kappa shape index (κ2) is 12.7. The van der Waals surface area contributed by atoms with E-state index in [0.717, 1.165) is 45.9 Å². The van der Waals surface area contributed by atoms with Crippen LogP contribution < -0.4 is 4.90 Å². The summed E-state index contributed by atoms with van der Waals surface area (Å²) in [5.74, 6) is 3.34. The van der Waals surface area contributed by atoms with E-state index in [2.05, 4.69) is 205 Å². The van der Waals surface area contributed by atoms with Crippen LogP contribution in [0.4, 0.5) is 17.1 Å². The highest BCUT2D eigenvalue weighted by Gasteiger charge is 2.84. The molecule has 0 N–H and O–H groups in total. The maximum Gasteiger partial charge on any atom is 0.136 e. The van der Waals surface area contributed by atoms with Crippen molar-refractivity contribution in [2.24, 2.45) is 29.1 Å². The summed E-state index contributed by atoms with van der Waals surface area (Å²) in [6.07, 6.45) is 5.73. The second-order valence-electron chi connectivity index (χ2n) is 19.6. The molecule has 304 valence electrons. The third kappa shape index (κ3) is 4.41. The highest BCUT2D eigenvalue weighted by molar-refractivity contribution is 6.13. The minimum absolute atomic E-state index is 0.106. The number of fused-ring (bicyclic) bond motifs is 12. The van der Waals surface area contributed by atoms with E-state index in [1.165, 1.54) is 97.7 Å². The lowest BCUT2D eigenvalue weighted by Gasteiger charge is -2.76. The van der Waals surface area contributed by atoms with Crippen LogP contribution in [0.3, 0.4) is 0 Å². The van der Waals surface area contributed by atoms with E-state index in [-0.39, 0.29) is 5.41 Å². The predicted molar refractivity (Wildman–Crippen MR) is 263 cm³/mol. The minimum atomic E-state index is 0.106. The summed E-state index contributed by atoms with van der Waals surface area (Å²) in [5.41, 5.74) is 19.4. The molecule has 5 aliphatic carbocycles. The monoisotopic (exact) mass is 819 g/mol. The highest BCUT2D eigenvalue weighted by atomic mass is 16.3. The predicted octanol–water partition coefficient (Wildman–Crippen LogP) is 16.5. The minimum Gasteiger partial charge on any atom is -0.456 e. The molecule has 0 saturated heterocycles. The molecule has 64 heavy (non-hydrogen) atoms. The number of hydrogen-bond donors (Lipinski definition) is 0. The molecule has 1 heterocycles. The number of rotatable bonds is 6.